The van der Waals surface area contributed by atoms with Crippen LogP contribution >= 0.6 is 0 Å². The third-order valence-electron chi connectivity index (χ3n) is 1.98. The number of aliphatic hydroxyl groups is 1. The smallest absolute Gasteiger partial charge is 0.236 e. The van der Waals surface area contributed by atoms with Crippen LogP contribution in [0.4, 0.5) is 0 Å². The van der Waals surface area contributed by atoms with Crippen molar-refractivity contribution in [3.8, 4) is 0 Å². The highest BCUT2D eigenvalue weighted by molar-refractivity contribution is 5.78. The van der Waals surface area contributed by atoms with E-state index in [0.717, 1.165) is 0 Å². The monoisotopic (exact) mass is 172 g/mol. The first-order valence-electron chi connectivity index (χ1n) is 4.32. The van der Waals surface area contributed by atoms with Gasteiger partial charge in [0.15, 0.2) is 0 Å². The summed E-state index contributed by atoms with van der Waals surface area (Å²) in [6.07, 6.45) is 2.38. The van der Waals surface area contributed by atoms with Gasteiger partial charge in [0.2, 0.25) is 5.91 Å². The van der Waals surface area contributed by atoms with Crippen molar-refractivity contribution in [3.05, 3.63) is 0 Å². The molecule has 1 amide bonds. The number of carbonyl (C=O) groups is 1. The molecule has 0 aromatic heterocycles. The minimum atomic E-state index is 0.0334. The maximum atomic E-state index is 11.2. The molecule has 0 aromatic rings. The standard InChI is InChI=1S/C8H16N2O2/c1-10(4-5-11)8(12)6-9-7-2-3-7/h7,9,11H,2-6H2,1H3. The number of hydrogen-bond donors (Lipinski definition) is 2. The van der Waals surface area contributed by atoms with Gasteiger partial charge in [-0.05, 0) is 12.8 Å². The molecule has 1 rings (SSSR count). The summed E-state index contributed by atoms with van der Waals surface area (Å²) in [4.78, 5) is 12.8. The Morgan fingerprint density at radius 3 is 2.83 bits per heavy atom. The molecule has 0 spiro atoms. The number of rotatable bonds is 5. The van der Waals surface area contributed by atoms with E-state index in [1.54, 1.807) is 7.05 Å². The number of aliphatic hydroxyl groups excluding tert-OH is 1. The number of hydrogen-bond acceptors (Lipinski definition) is 3. The molecular weight excluding hydrogens is 156 g/mol. The van der Waals surface area contributed by atoms with Gasteiger partial charge in [0, 0.05) is 19.6 Å². The van der Waals surface area contributed by atoms with Crippen LogP contribution in [0.15, 0.2) is 0 Å². The number of nitrogens with zero attached hydrogens (tertiary/aromatic N) is 1. The molecule has 0 saturated heterocycles. The molecule has 0 unspecified atom stereocenters. The first-order valence-corrected chi connectivity index (χ1v) is 4.32. The van der Waals surface area contributed by atoms with E-state index in [1.165, 1.54) is 17.7 Å². The minimum absolute atomic E-state index is 0.0334. The molecule has 0 bridgehead atoms. The summed E-state index contributed by atoms with van der Waals surface area (Å²) < 4.78 is 0. The van der Waals surface area contributed by atoms with Gasteiger partial charge in [-0.2, -0.15) is 0 Å². The van der Waals surface area contributed by atoms with Crippen LogP contribution in [-0.2, 0) is 4.79 Å². The van der Waals surface area contributed by atoms with Crippen LogP contribution in [0.1, 0.15) is 12.8 Å². The van der Waals surface area contributed by atoms with E-state index in [4.69, 9.17) is 5.11 Å². The summed E-state index contributed by atoms with van der Waals surface area (Å²) in [6.45, 7) is 0.859. The van der Waals surface area contributed by atoms with Crippen LogP contribution in [0, 0.1) is 0 Å². The van der Waals surface area contributed by atoms with Crippen molar-refractivity contribution in [3.63, 3.8) is 0 Å². The predicted octanol–water partition coefficient (Wildman–Crippen LogP) is -0.811. The highest BCUT2D eigenvalue weighted by atomic mass is 16.3. The number of nitrogens with one attached hydrogen (secondary N) is 1. The Morgan fingerprint density at radius 1 is 1.67 bits per heavy atom. The molecule has 12 heavy (non-hydrogen) atoms. The van der Waals surface area contributed by atoms with Crippen molar-refractivity contribution in [2.24, 2.45) is 0 Å². The Kier molecular flexibility index (Phi) is 3.49. The lowest BCUT2D eigenvalue weighted by atomic mass is 10.5. The molecule has 0 atom stereocenters. The van der Waals surface area contributed by atoms with Gasteiger partial charge in [0.25, 0.3) is 0 Å². The largest absolute Gasteiger partial charge is 0.395 e. The van der Waals surface area contributed by atoms with Crippen LogP contribution in [0.25, 0.3) is 0 Å². The zero-order valence-corrected chi connectivity index (χ0v) is 7.42. The van der Waals surface area contributed by atoms with Crippen molar-refractivity contribution >= 4 is 5.91 Å². The van der Waals surface area contributed by atoms with Gasteiger partial charge in [0.05, 0.1) is 13.2 Å². The molecule has 0 radical (unpaired) electrons. The van der Waals surface area contributed by atoms with Gasteiger partial charge in [-0.3, -0.25) is 4.79 Å². The van der Waals surface area contributed by atoms with Gasteiger partial charge >= 0.3 is 0 Å². The molecule has 1 saturated carbocycles. The van der Waals surface area contributed by atoms with Crippen molar-refractivity contribution < 1.29 is 9.90 Å². The van der Waals surface area contributed by atoms with Crippen LogP contribution in [0.3, 0.4) is 0 Å². The zero-order chi connectivity index (χ0) is 8.97. The van der Waals surface area contributed by atoms with E-state index in [9.17, 15) is 4.79 Å². The predicted molar refractivity (Wildman–Crippen MR) is 45.7 cm³/mol. The van der Waals surface area contributed by atoms with Gasteiger partial charge in [-0.15, -0.1) is 0 Å². The maximum absolute atomic E-state index is 11.2. The van der Waals surface area contributed by atoms with E-state index in [1.807, 2.05) is 0 Å². The fraction of sp³-hybridized carbons (Fsp3) is 0.875. The Balaban J connectivity index is 2.07. The number of amides is 1. The highest BCUT2D eigenvalue weighted by Gasteiger charge is 2.21. The van der Waals surface area contributed by atoms with Crippen LogP contribution in [-0.4, -0.2) is 48.7 Å². The van der Waals surface area contributed by atoms with Gasteiger partial charge in [-0.1, -0.05) is 0 Å². The Bertz CT molecular complexity index is 157. The van der Waals surface area contributed by atoms with Crippen LogP contribution < -0.4 is 5.32 Å². The molecule has 70 valence electrons. The zero-order valence-electron chi connectivity index (χ0n) is 7.42. The second-order valence-electron chi connectivity index (χ2n) is 3.19. The normalized spacial score (nSPS) is 16.2. The van der Waals surface area contributed by atoms with E-state index in [2.05, 4.69) is 5.32 Å². The van der Waals surface area contributed by atoms with Gasteiger partial charge in [-0.25, -0.2) is 0 Å². The minimum Gasteiger partial charge on any atom is -0.395 e. The van der Waals surface area contributed by atoms with Crippen molar-refractivity contribution in [1.82, 2.24) is 10.2 Å². The van der Waals surface area contributed by atoms with E-state index < -0.39 is 0 Å². The van der Waals surface area contributed by atoms with Crippen molar-refractivity contribution in [2.75, 3.05) is 26.7 Å². The number of likely N-dealkylation sites (N-methyl/N-ethyl adjacent to an activating group) is 1. The fourth-order valence-corrected chi connectivity index (χ4v) is 0.929. The number of carbonyl (C=O) groups excluding carboxylic acids is 1. The van der Waals surface area contributed by atoms with Crippen molar-refractivity contribution in [1.29, 1.82) is 0 Å². The SMILES string of the molecule is CN(CCO)C(=O)CNC1CC1. The quantitative estimate of drug-likeness (QED) is 0.570. The summed E-state index contributed by atoms with van der Waals surface area (Å²) in [5.74, 6) is 0.0518. The molecule has 1 aliphatic carbocycles. The van der Waals surface area contributed by atoms with Gasteiger partial charge in [0.1, 0.15) is 0 Å². The van der Waals surface area contributed by atoms with Crippen LogP contribution in [0.5, 0.6) is 0 Å². The molecule has 2 N–H and O–H groups in total. The van der Waals surface area contributed by atoms with Gasteiger partial charge < -0.3 is 15.3 Å². The average Bonchev–Trinajstić information content (AvgIpc) is 2.83. The topological polar surface area (TPSA) is 52.6 Å². The summed E-state index contributed by atoms with van der Waals surface area (Å²) >= 11 is 0. The third kappa shape index (κ3) is 3.19. The summed E-state index contributed by atoms with van der Waals surface area (Å²) in [5.41, 5.74) is 0. The molecule has 0 heterocycles. The second kappa shape index (κ2) is 4.42. The highest BCUT2D eigenvalue weighted by Crippen LogP contribution is 2.17. The third-order valence-corrected chi connectivity index (χ3v) is 1.98. The Hall–Kier alpha value is -0.610. The first kappa shape index (κ1) is 9.48. The van der Waals surface area contributed by atoms with Crippen molar-refractivity contribution in [2.45, 2.75) is 18.9 Å². The second-order valence-corrected chi connectivity index (χ2v) is 3.19. The lowest BCUT2D eigenvalue weighted by Gasteiger charge is -2.15. The average molecular weight is 172 g/mol. The molecule has 4 heteroatoms. The Morgan fingerprint density at radius 2 is 2.33 bits per heavy atom. The molecule has 1 aliphatic rings. The summed E-state index contributed by atoms with van der Waals surface area (Å²) in [6, 6.07) is 0.566. The molecule has 0 aliphatic heterocycles. The Labute approximate surface area is 72.6 Å². The van der Waals surface area contributed by atoms with E-state index in [-0.39, 0.29) is 12.5 Å². The molecule has 4 nitrogen and oxygen atoms in total. The van der Waals surface area contributed by atoms with Crippen LogP contribution in [0.2, 0.25) is 0 Å². The molecule has 1 fully saturated rings. The summed E-state index contributed by atoms with van der Waals surface area (Å²) in [5, 5.41) is 11.7. The first-order chi connectivity index (χ1) is 5.74. The lowest BCUT2D eigenvalue weighted by molar-refractivity contribution is -0.129. The lowest BCUT2D eigenvalue weighted by Crippen LogP contribution is -2.37. The van der Waals surface area contributed by atoms with E-state index in [0.29, 0.717) is 19.1 Å². The molecule has 0 aromatic carbocycles. The molecular formula is C8H16N2O2. The summed E-state index contributed by atoms with van der Waals surface area (Å²) in [7, 11) is 1.70. The maximum Gasteiger partial charge on any atom is 0.236 e. The fourth-order valence-electron chi connectivity index (χ4n) is 0.929. The van der Waals surface area contributed by atoms with E-state index >= 15 is 0 Å².